The first kappa shape index (κ1) is 28.4. The minimum Gasteiger partial charge on any atom is -0.454 e. The third kappa shape index (κ3) is 4.76. The van der Waals surface area contributed by atoms with Crippen LogP contribution in [0.3, 0.4) is 0 Å². The van der Waals surface area contributed by atoms with Crippen molar-refractivity contribution in [2.75, 3.05) is 4.90 Å². The Labute approximate surface area is 289 Å². The second-order valence-corrected chi connectivity index (χ2v) is 14.2. The molecule has 2 unspecified atom stereocenters. The summed E-state index contributed by atoms with van der Waals surface area (Å²) in [6.07, 6.45) is 20.1. The Morgan fingerprint density at radius 2 is 1.45 bits per heavy atom. The molecule has 2 nitrogen and oxygen atoms in total. The van der Waals surface area contributed by atoms with Crippen LogP contribution >= 0.6 is 11.3 Å². The monoisotopic (exact) mass is 647 g/mol. The molecule has 0 spiro atoms. The molecule has 3 heteroatoms. The maximum atomic E-state index is 6.86. The Bertz CT molecular complexity index is 2670. The van der Waals surface area contributed by atoms with E-state index in [2.05, 4.69) is 169 Å². The van der Waals surface area contributed by atoms with E-state index in [0.29, 0.717) is 11.8 Å². The van der Waals surface area contributed by atoms with Gasteiger partial charge in [0.05, 0.1) is 5.70 Å². The van der Waals surface area contributed by atoms with E-state index < -0.39 is 0 Å². The largest absolute Gasteiger partial charge is 0.454 e. The topological polar surface area (TPSA) is 16.4 Å². The molecule has 0 radical (unpaired) electrons. The molecule has 2 heterocycles. The standard InChI is InChI=1S/C46H33NOS/c1-2-11-32(12-3-1)37-15-9-18-42-45(37)40-16-8-17-41(46(40)48-42)47(36-26-27-39-38-14-6-7-19-43(38)49-44(39)29-36)35-24-22-31(23-25-35)34-21-20-30-10-4-5-13-33(30)28-34/h1-7,9-16,18-30,33H,8,17H2. The zero-order valence-electron chi connectivity index (χ0n) is 26.9. The van der Waals surface area contributed by atoms with Crippen LogP contribution in [0.4, 0.5) is 11.4 Å². The fourth-order valence-electron chi connectivity index (χ4n) is 7.91. The van der Waals surface area contributed by atoms with Crippen molar-refractivity contribution in [2.24, 2.45) is 11.8 Å². The lowest BCUT2D eigenvalue weighted by atomic mass is 9.81. The number of nitrogens with zero attached hydrogens (tertiary/aromatic N) is 1. The van der Waals surface area contributed by atoms with Crippen LogP contribution in [0.2, 0.25) is 0 Å². The van der Waals surface area contributed by atoms with Crippen LogP contribution in [0.1, 0.15) is 18.4 Å². The molecule has 0 amide bonds. The molecule has 0 N–H and O–H groups in total. The summed E-state index contributed by atoms with van der Waals surface area (Å²) >= 11 is 1.86. The average molecular weight is 648 g/mol. The zero-order valence-corrected chi connectivity index (χ0v) is 27.7. The van der Waals surface area contributed by atoms with E-state index in [0.717, 1.165) is 35.2 Å². The highest BCUT2D eigenvalue weighted by Gasteiger charge is 2.24. The smallest absolute Gasteiger partial charge is 0.154 e. The SMILES string of the molecule is C1=CC2C=CC(c3ccc(N(C4=c5oc6cccc(-c7ccccc7)c6c5=CCC4)c4ccc5c(c4)sc4ccccc45)cc3)=CC2C=C1. The summed E-state index contributed by atoms with van der Waals surface area (Å²) in [6.45, 7) is 0. The minimum absolute atomic E-state index is 0.413. The number of anilines is 2. The first-order valence-electron chi connectivity index (χ1n) is 17.2. The number of fused-ring (bicyclic) bond motifs is 7. The molecule has 0 saturated heterocycles. The van der Waals surface area contributed by atoms with Crippen LogP contribution in [0, 0.1) is 11.8 Å². The van der Waals surface area contributed by atoms with Crippen molar-refractivity contribution < 1.29 is 4.42 Å². The van der Waals surface area contributed by atoms with Crippen molar-refractivity contribution >= 4 is 71.2 Å². The highest BCUT2D eigenvalue weighted by molar-refractivity contribution is 7.25. The van der Waals surface area contributed by atoms with Crippen molar-refractivity contribution in [3.05, 3.63) is 174 Å². The Kier molecular flexibility index (Phi) is 6.66. The Morgan fingerprint density at radius 1 is 0.653 bits per heavy atom. The van der Waals surface area contributed by atoms with E-state index in [-0.39, 0.29) is 0 Å². The van der Waals surface area contributed by atoms with Gasteiger partial charge in [0.1, 0.15) is 5.58 Å². The summed E-state index contributed by atoms with van der Waals surface area (Å²) < 4.78 is 9.47. The molecule has 10 rings (SSSR count). The molecule has 5 aromatic carbocycles. The molecule has 0 saturated carbocycles. The Morgan fingerprint density at radius 3 is 2.35 bits per heavy atom. The fourth-order valence-corrected chi connectivity index (χ4v) is 9.05. The van der Waals surface area contributed by atoms with Crippen LogP contribution in [0.5, 0.6) is 0 Å². The predicted molar refractivity (Wildman–Crippen MR) is 208 cm³/mol. The van der Waals surface area contributed by atoms with Crippen molar-refractivity contribution in [2.45, 2.75) is 12.8 Å². The molecule has 7 aromatic rings. The van der Waals surface area contributed by atoms with Gasteiger partial charge in [-0.25, -0.2) is 0 Å². The third-order valence-electron chi connectivity index (χ3n) is 10.3. The number of thiophene rings is 1. The second-order valence-electron chi connectivity index (χ2n) is 13.1. The molecule has 2 aromatic heterocycles. The van der Waals surface area contributed by atoms with Gasteiger partial charge in [0.15, 0.2) is 5.42 Å². The molecular weight excluding hydrogens is 615 g/mol. The molecule has 2 atom stereocenters. The van der Waals surface area contributed by atoms with Gasteiger partial charge in [-0.1, -0.05) is 127 Å². The Balaban J connectivity index is 1.16. The number of rotatable bonds is 5. The number of hydrogen-bond acceptors (Lipinski definition) is 3. The van der Waals surface area contributed by atoms with Crippen LogP contribution < -0.4 is 15.5 Å². The van der Waals surface area contributed by atoms with Crippen molar-refractivity contribution in [1.82, 2.24) is 0 Å². The van der Waals surface area contributed by atoms with E-state index in [1.807, 2.05) is 11.3 Å². The summed E-state index contributed by atoms with van der Waals surface area (Å²) in [7, 11) is 0. The van der Waals surface area contributed by atoms with Gasteiger partial charge < -0.3 is 9.32 Å². The van der Waals surface area contributed by atoms with Crippen LogP contribution in [0.15, 0.2) is 162 Å². The lowest BCUT2D eigenvalue weighted by molar-refractivity contribution is 0.566. The van der Waals surface area contributed by atoms with Gasteiger partial charge >= 0.3 is 0 Å². The van der Waals surface area contributed by atoms with E-state index >= 15 is 0 Å². The molecule has 3 aliphatic rings. The number of allylic oxidation sites excluding steroid dienone is 8. The van der Waals surface area contributed by atoms with Gasteiger partial charge in [-0.3, -0.25) is 0 Å². The summed E-state index contributed by atoms with van der Waals surface area (Å²) in [5, 5.41) is 5.01. The van der Waals surface area contributed by atoms with E-state index in [1.165, 1.54) is 58.7 Å². The van der Waals surface area contributed by atoms with Crippen molar-refractivity contribution in [3.8, 4) is 11.1 Å². The maximum absolute atomic E-state index is 6.86. The average Bonchev–Trinajstić information content (AvgIpc) is 3.74. The molecule has 234 valence electrons. The lowest BCUT2D eigenvalue weighted by Crippen LogP contribution is -2.33. The third-order valence-corrected chi connectivity index (χ3v) is 11.4. The predicted octanol–water partition coefficient (Wildman–Crippen LogP) is 11.3. The summed E-state index contributed by atoms with van der Waals surface area (Å²) in [5.74, 6) is 0.864. The quantitative estimate of drug-likeness (QED) is 0.185. The summed E-state index contributed by atoms with van der Waals surface area (Å²) in [4.78, 5) is 2.44. The number of furan rings is 1. The summed E-state index contributed by atoms with van der Waals surface area (Å²) in [6, 6.07) is 41.9. The molecule has 0 aliphatic heterocycles. The second kappa shape index (κ2) is 11.5. The zero-order chi connectivity index (χ0) is 32.3. The molecule has 0 fully saturated rings. The van der Waals surface area contributed by atoms with Gasteiger partial charge in [0.25, 0.3) is 0 Å². The van der Waals surface area contributed by atoms with E-state index in [4.69, 9.17) is 4.42 Å². The molecule has 49 heavy (non-hydrogen) atoms. The minimum atomic E-state index is 0.413. The number of benzene rings is 5. The maximum Gasteiger partial charge on any atom is 0.154 e. The fraction of sp³-hybridized carbons (Fsp3) is 0.0870. The summed E-state index contributed by atoms with van der Waals surface area (Å²) in [5.41, 5.74) is 10.3. The molecule has 3 aliphatic carbocycles. The van der Waals surface area contributed by atoms with Crippen molar-refractivity contribution in [1.29, 1.82) is 0 Å². The normalized spacial score (nSPS) is 18.0. The van der Waals surface area contributed by atoms with Crippen molar-refractivity contribution in [3.63, 3.8) is 0 Å². The van der Waals surface area contributed by atoms with Crippen LogP contribution in [0.25, 0.3) is 59.6 Å². The Hall–Kier alpha value is -5.64. The lowest BCUT2D eigenvalue weighted by Gasteiger charge is -2.28. The highest BCUT2D eigenvalue weighted by atomic mass is 32.1. The van der Waals surface area contributed by atoms with Crippen LogP contribution in [-0.2, 0) is 0 Å². The van der Waals surface area contributed by atoms with Gasteiger partial charge in [-0.15, -0.1) is 11.3 Å². The first-order valence-corrected chi connectivity index (χ1v) is 18.0. The number of hydrogen-bond donors (Lipinski definition) is 0. The molecular formula is C46H33NOS. The van der Waals surface area contributed by atoms with Crippen LogP contribution in [-0.4, -0.2) is 0 Å². The van der Waals surface area contributed by atoms with Gasteiger partial charge in [-0.05, 0) is 71.5 Å². The molecule has 0 bridgehead atoms. The van der Waals surface area contributed by atoms with E-state index in [9.17, 15) is 0 Å². The highest BCUT2D eigenvalue weighted by Crippen LogP contribution is 2.41. The van der Waals surface area contributed by atoms with Gasteiger partial charge in [-0.2, -0.15) is 0 Å². The van der Waals surface area contributed by atoms with Gasteiger partial charge in [0, 0.05) is 54.0 Å². The van der Waals surface area contributed by atoms with Gasteiger partial charge in [0.2, 0.25) is 0 Å². The van der Waals surface area contributed by atoms with E-state index in [1.54, 1.807) is 0 Å². The first-order chi connectivity index (χ1) is 24.3.